The van der Waals surface area contributed by atoms with Crippen LogP contribution in [-0.2, 0) is 0 Å². The predicted molar refractivity (Wildman–Crippen MR) is 79.6 cm³/mol. The Bertz CT molecular complexity index is 429. The SMILES string of the molecule is COc1cc(OCC(O)C2CCCC2)cc(OC)c1OC. The van der Waals surface area contributed by atoms with Gasteiger partial charge in [0.15, 0.2) is 11.5 Å². The summed E-state index contributed by atoms with van der Waals surface area (Å²) >= 11 is 0. The van der Waals surface area contributed by atoms with Gasteiger partial charge in [0.1, 0.15) is 12.4 Å². The van der Waals surface area contributed by atoms with Crippen LogP contribution >= 0.6 is 0 Å². The molecule has 1 aromatic carbocycles. The second-order valence-electron chi connectivity index (χ2n) is 5.28. The van der Waals surface area contributed by atoms with Crippen molar-refractivity contribution in [1.82, 2.24) is 0 Å². The molecule has 1 saturated carbocycles. The average Bonchev–Trinajstić information content (AvgIpc) is 3.05. The Labute approximate surface area is 125 Å². The molecule has 0 saturated heterocycles. The Balaban J connectivity index is 2.05. The Morgan fingerprint density at radius 1 is 1.05 bits per heavy atom. The second-order valence-corrected chi connectivity index (χ2v) is 5.28. The van der Waals surface area contributed by atoms with Gasteiger partial charge in [0.25, 0.3) is 0 Å². The molecule has 0 spiro atoms. The molecule has 21 heavy (non-hydrogen) atoms. The molecule has 5 nitrogen and oxygen atoms in total. The van der Waals surface area contributed by atoms with E-state index in [0.717, 1.165) is 12.8 Å². The lowest BCUT2D eigenvalue weighted by molar-refractivity contribution is 0.0591. The first-order chi connectivity index (χ1) is 10.2. The van der Waals surface area contributed by atoms with Crippen molar-refractivity contribution < 1.29 is 24.1 Å². The van der Waals surface area contributed by atoms with Crippen LogP contribution in [-0.4, -0.2) is 39.1 Å². The summed E-state index contributed by atoms with van der Waals surface area (Å²) in [7, 11) is 4.69. The molecule has 0 aliphatic heterocycles. The number of hydrogen-bond donors (Lipinski definition) is 1. The zero-order valence-corrected chi connectivity index (χ0v) is 12.9. The molecule has 118 valence electrons. The molecule has 1 aromatic rings. The van der Waals surface area contributed by atoms with Gasteiger partial charge in [-0.15, -0.1) is 0 Å². The summed E-state index contributed by atoms with van der Waals surface area (Å²) in [6.45, 7) is 0.281. The van der Waals surface area contributed by atoms with Crippen LogP contribution in [0.1, 0.15) is 25.7 Å². The lowest BCUT2D eigenvalue weighted by atomic mass is 10.0. The van der Waals surface area contributed by atoms with Gasteiger partial charge in [-0.05, 0) is 18.8 Å². The van der Waals surface area contributed by atoms with Crippen LogP contribution in [0.5, 0.6) is 23.0 Å². The molecule has 0 amide bonds. The maximum Gasteiger partial charge on any atom is 0.203 e. The number of benzene rings is 1. The molecule has 0 bridgehead atoms. The quantitative estimate of drug-likeness (QED) is 0.838. The van der Waals surface area contributed by atoms with Gasteiger partial charge in [-0.1, -0.05) is 12.8 Å². The van der Waals surface area contributed by atoms with Gasteiger partial charge in [0.05, 0.1) is 27.4 Å². The van der Waals surface area contributed by atoms with E-state index in [0.29, 0.717) is 28.9 Å². The van der Waals surface area contributed by atoms with E-state index < -0.39 is 6.10 Å². The van der Waals surface area contributed by atoms with E-state index in [-0.39, 0.29) is 6.61 Å². The fraction of sp³-hybridized carbons (Fsp3) is 0.625. The third-order valence-corrected chi connectivity index (χ3v) is 4.00. The molecular weight excluding hydrogens is 272 g/mol. The van der Waals surface area contributed by atoms with Gasteiger partial charge in [-0.25, -0.2) is 0 Å². The highest BCUT2D eigenvalue weighted by molar-refractivity contribution is 5.55. The fourth-order valence-corrected chi connectivity index (χ4v) is 2.80. The van der Waals surface area contributed by atoms with Crippen molar-refractivity contribution in [3.8, 4) is 23.0 Å². The summed E-state index contributed by atoms with van der Waals surface area (Å²) in [5.74, 6) is 2.57. The summed E-state index contributed by atoms with van der Waals surface area (Å²) in [5, 5.41) is 10.2. The van der Waals surface area contributed by atoms with Gasteiger partial charge in [0, 0.05) is 12.1 Å². The topological polar surface area (TPSA) is 57.2 Å². The molecule has 0 heterocycles. The van der Waals surface area contributed by atoms with Crippen LogP contribution < -0.4 is 18.9 Å². The standard InChI is InChI=1S/C16H24O5/c1-18-14-8-12(9-15(19-2)16(14)20-3)21-10-13(17)11-6-4-5-7-11/h8-9,11,13,17H,4-7,10H2,1-3H3. The van der Waals surface area contributed by atoms with Gasteiger partial charge in [-0.2, -0.15) is 0 Å². The zero-order chi connectivity index (χ0) is 15.2. The molecule has 1 N–H and O–H groups in total. The van der Waals surface area contributed by atoms with Gasteiger partial charge < -0.3 is 24.1 Å². The monoisotopic (exact) mass is 296 g/mol. The van der Waals surface area contributed by atoms with Crippen LogP contribution in [0, 0.1) is 5.92 Å². The Hall–Kier alpha value is -1.62. The second kappa shape index (κ2) is 7.41. The van der Waals surface area contributed by atoms with Crippen molar-refractivity contribution in [2.24, 2.45) is 5.92 Å². The Morgan fingerprint density at radius 2 is 1.62 bits per heavy atom. The van der Waals surface area contributed by atoms with Crippen LogP contribution in [0.15, 0.2) is 12.1 Å². The van der Waals surface area contributed by atoms with Crippen LogP contribution in [0.25, 0.3) is 0 Å². The van der Waals surface area contributed by atoms with E-state index >= 15 is 0 Å². The van der Waals surface area contributed by atoms with Crippen molar-refractivity contribution in [3.05, 3.63) is 12.1 Å². The Morgan fingerprint density at radius 3 is 2.10 bits per heavy atom. The van der Waals surface area contributed by atoms with Crippen molar-refractivity contribution >= 4 is 0 Å². The van der Waals surface area contributed by atoms with Crippen molar-refractivity contribution in [1.29, 1.82) is 0 Å². The van der Waals surface area contributed by atoms with Crippen LogP contribution in [0.2, 0.25) is 0 Å². The van der Waals surface area contributed by atoms with Gasteiger partial charge in [-0.3, -0.25) is 0 Å². The van der Waals surface area contributed by atoms with E-state index in [9.17, 15) is 5.11 Å². The summed E-state index contributed by atoms with van der Waals surface area (Å²) in [5.41, 5.74) is 0. The molecule has 0 radical (unpaired) electrons. The molecule has 5 heteroatoms. The third kappa shape index (κ3) is 3.73. The molecule has 1 unspecified atom stereocenters. The van der Waals surface area contributed by atoms with Gasteiger partial charge in [0.2, 0.25) is 5.75 Å². The summed E-state index contributed by atoms with van der Waals surface area (Å²) in [4.78, 5) is 0. The van der Waals surface area contributed by atoms with E-state index in [1.807, 2.05) is 0 Å². The minimum absolute atomic E-state index is 0.281. The van der Waals surface area contributed by atoms with E-state index in [1.165, 1.54) is 12.8 Å². The number of hydrogen-bond acceptors (Lipinski definition) is 5. The normalized spacial score (nSPS) is 16.6. The maximum atomic E-state index is 10.2. The molecular formula is C16H24O5. The third-order valence-electron chi connectivity index (χ3n) is 4.00. The average molecular weight is 296 g/mol. The van der Waals surface area contributed by atoms with Crippen LogP contribution in [0.4, 0.5) is 0 Å². The Kier molecular flexibility index (Phi) is 5.56. The number of aliphatic hydroxyl groups is 1. The maximum absolute atomic E-state index is 10.2. The molecule has 1 aliphatic rings. The predicted octanol–water partition coefficient (Wildman–Crippen LogP) is 2.64. The van der Waals surface area contributed by atoms with E-state index in [2.05, 4.69) is 0 Å². The highest BCUT2D eigenvalue weighted by Gasteiger charge is 2.24. The largest absolute Gasteiger partial charge is 0.493 e. The first-order valence-electron chi connectivity index (χ1n) is 7.30. The lowest BCUT2D eigenvalue weighted by Gasteiger charge is -2.19. The minimum Gasteiger partial charge on any atom is -0.493 e. The van der Waals surface area contributed by atoms with Gasteiger partial charge >= 0.3 is 0 Å². The molecule has 1 atom stereocenters. The smallest absolute Gasteiger partial charge is 0.203 e. The van der Waals surface area contributed by atoms with Crippen molar-refractivity contribution in [2.75, 3.05) is 27.9 Å². The first-order valence-corrected chi connectivity index (χ1v) is 7.30. The summed E-state index contributed by atoms with van der Waals surface area (Å²) in [6.07, 6.45) is 4.14. The highest BCUT2D eigenvalue weighted by atomic mass is 16.5. The number of ether oxygens (including phenoxy) is 4. The molecule has 1 aliphatic carbocycles. The number of methoxy groups -OCH3 is 3. The van der Waals surface area contributed by atoms with Crippen molar-refractivity contribution in [2.45, 2.75) is 31.8 Å². The zero-order valence-electron chi connectivity index (χ0n) is 12.9. The number of rotatable bonds is 7. The summed E-state index contributed by atoms with van der Waals surface area (Å²) < 4.78 is 21.5. The number of aliphatic hydroxyl groups excluding tert-OH is 1. The van der Waals surface area contributed by atoms with Crippen LogP contribution in [0.3, 0.4) is 0 Å². The first kappa shape index (κ1) is 15.8. The molecule has 0 aromatic heterocycles. The lowest BCUT2D eigenvalue weighted by Crippen LogP contribution is -2.25. The molecule has 1 fully saturated rings. The van der Waals surface area contributed by atoms with Crippen molar-refractivity contribution in [3.63, 3.8) is 0 Å². The molecule has 2 rings (SSSR count). The van der Waals surface area contributed by atoms with E-state index in [1.54, 1.807) is 33.5 Å². The fourth-order valence-electron chi connectivity index (χ4n) is 2.80. The summed E-state index contributed by atoms with van der Waals surface area (Å²) in [6, 6.07) is 3.48. The highest BCUT2D eigenvalue weighted by Crippen LogP contribution is 2.41. The minimum atomic E-state index is -0.424. The van der Waals surface area contributed by atoms with E-state index in [4.69, 9.17) is 18.9 Å².